The first-order chi connectivity index (χ1) is 9.26. The van der Waals surface area contributed by atoms with E-state index in [0.717, 1.165) is 58.0 Å². The minimum atomic E-state index is 0.0659. The number of aliphatic hydroxyl groups excluding tert-OH is 1. The van der Waals surface area contributed by atoms with Crippen LogP contribution in [-0.4, -0.2) is 41.7 Å². The first-order valence-electron chi connectivity index (χ1n) is 7.87. The van der Waals surface area contributed by atoms with Crippen molar-refractivity contribution in [1.29, 1.82) is 0 Å². The lowest BCUT2D eigenvalue weighted by Gasteiger charge is -2.39. The summed E-state index contributed by atoms with van der Waals surface area (Å²) >= 11 is 0. The topological polar surface area (TPSA) is 66.6 Å². The number of nitrogens with zero attached hydrogens (tertiary/aromatic N) is 1. The maximum Gasteiger partial charge on any atom is 0.226 e. The molecule has 2 rings (SSSR count). The number of piperidine rings is 1. The van der Waals surface area contributed by atoms with Gasteiger partial charge < -0.3 is 15.7 Å². The SMILES string of the molecule is NCCC1CCCC(C(=O)N2CCCCC2CO)C1. The molecule has 2 fully saturated rings. The standard InChI is InChI=1S/C15H28N2O2/c16-8-7-12-4-3-5-13(10-12)15(19)17-9-2-1-6-14(17)11-18/h12-14,18H,1-11,16H2. The third kappa shape index (κ3) is 3.69. The van der Waals surface area contributed by atoms with Crippen LogP contribution in [-0.2, 0) is 4.79 Å². The van der Waals surface area contributed by atoms with Crippen LogP contribution >= 0.6 is 0 Å². The monoisotopic (exact) mass is 268 g/mol. The largest absolute Gasteiger partial charge is 0.394 e. The van der Waals surface area contributed by atoms with E-state index in [4.69, 9.17) is 5.73 Å². The number of nitrogens with two attached hydrogens (primary N) is 1. The smallest absolute Gasteiger partial charge is 0.226 e. The Labute approximate surface area is 116 Å². The highest BCUT2D eigenvalue weighted by Crippen LogP contribution is 2.33. The second kappa shape index (κ2) is 7.25. The highest BCUT2D eigenvalue weighted by atomic mass is 16.3. The van der Waals surface area contributed by atoms with Gasteiger partial charge >= 0.3 is 0 Å². The number of hydrogen-bond donors (Lipinski definition) is 2. The van der Waals surface area contributed by atoms with Crippen molar-refractivity contribution >= 4 is 5.91 Å². The van der Waals surface area contributed by atoms with Gasteiger partial charge in [-0.3, -0.25) is 4.79 Å². The average Bonchev–Trinajstić information content (AvgIpc) is 2.47. The molecule has 0 spiro atoms. The molecule has 2 aliphatic rings. The minimum Gasteiger partial charge on any atom is -0.394 e. The van der Waals surface area contributed by atoms with Crippen molar-refractivity contribution in [3.8, 4) is 0 Å². The van der Waals surface area contributed by atoms with Gasteiger partial charge in [-0.2, -0.15) is 0 Å². The van der Waals surface area contributed by atoms with Gasteiger partial charge in [0.05, 0.1) is 12.6 Å². The molecular formula is C15H28N2O2. The molecule has 3 unspecified atom stereocenters. The molecule has 0 bridgehead atoms. The summed E-state index contributed by atoms with van der Waals surface area (Å²) in [5.41, 5.74) is 5.64. The van der Waals surface area contributed by atoms with Gasteiger partial charge in [0.1, 0.15) is 0 Å². The number of hydrogen-bond acceptors (Lipinski definition) is 3. The summed E-state index contributed by atoms with van der Waals surface area (Å²) in [5, 5.41) is 9.43. The van der Waals surface area contributed by atoms with E-state index in [1.165, 1.54) is 6.42 Å². The number of aliphatic hydroxyl groups is 1. The highest BCUT2D eigenvalue weighted by molar-refractivity contribution is 5.79. The van der Waals surface area contributed by atoms with Crippen molar-refractivity contribution in [2.45, 2.75) is 57.4 Å². The molecule has 0 aromatic rings. The zero-order valence-corrected chi connectivity index (χ0v) is 11.9. The number of carbonyl (C=O) groups is 1. The number of rotatable bonds is 4. The summed E-state index contributed by atoms with van der Waals surface area (Å²) in [7, 11) is 0. The lowest BCUT2D eigenvalue weighted by molar-refractivity contribution is -0.142. The summed E-state index contributed by atoms with van der Waals surface area (Å²) in [4.78, 5) is 14.6. The fourth-order valence-electron chi connectivity index (χ4n) is 3.73. The van der Waals surface area contributed by atoms with Crippen LogP contribution in [0.2, 0.25) is 0 Å². The summed E-state index contributed by atoms with van der Waals surface area (Å²) < 4.78 is 0. The normalized spacial score (nSPS) is 32.3. The highest BCUT2D eigenvalue weighted by Gasteiger charge is 2.33. The number of carbonyl (C=O) groups excluding carboxylic acids is 1. The van der Waals surface area contributed by atoms with Crippen LogP contribution in [0.25, 0.3) is 0 Å². The van der Waals surface area contributed by atoms with Crippen molar-refractivity contribution in [1.82, 2.24) is 4.90 Å². The second-order valence-electron chi connectivity index (χ2n) is 6.17. The fourth-order valence-corrected chi connectivity index (χ4v) is 3.73. The molecule has 0 aromatic carbocycles. The zero-order valence-electron chi connectivity index (χ0n) is 11.9. The van der Waals surface area contributed by atoms with Gasteiger partial charge in [0.15, 0.2) is 0 Å². The summed E-state index contributed by atoms with van der Waals surface area (Å²) in [5.74, 6) is 1.10. The number of amides is 1. The maximum atomic E-state index is 12.7. The van der Waals surface area contributed by atoms with E-state index in [2.05, 4.69) is 0 Å². The molecule has 1 aliphatic heterocycles. The lowest BCUT2D eigenvalue weighted by Crippen LogP contribution is -2.48. The van der Waals surface area contributed by atoms with Gasteiger partial charge in [0.25, 0.3) is 0 Å². The van der Waals surface area contributed by atoms with Crippen LogP contribution in [0.4, 0.5) is 0 Å². The Bertz CT molecular complexity index is 294. The molecule has 1 aliphatic carbocycles. The molecule has 1 amide bonds. The average molecular weight is 268 g/mol. The third-order valence-electron chi connectivity index (χ3n) is 4.83. The van der Waals surface area contributed by atoms with E-state index in [1.807, 2.05) is 4.90 Å². The van der Waals surface area contributed by atoms with Crippen LogP contribution in [0.5, 0.6) is 0 Å². The number of likely N-dealkylation sites (tertiary alicyclic amines) is 1. The fraction of sp³-hybridized carbons (Fsp3) is 0.933. The van der Waals surface area contributed by atoms with Gasteiger partial charge in [0, 0.05) is 12.5 Å². The first kappa shape index (κ1) is 14.8. The maximum absolute atomic E-state index is 12.7. The first-order valence-corrected chi connectivity index (χ1v) is 7.87. The second-order valence-corrected chi connectivity index (χ2v) is 6.17. The van der Waals surface area contributed by atoms with E-state index in [1.54, 1.807) is 0 Å². The van der Waals surface area contributed by atoms with Crippen molar-refractivity contribution in [2.75, 3.05) is 19.7 Å². The molecule has 0 radical (unpaired) electrons. The molecule has 0 aromatic heterocycles. The molecule has 3 atom stereocenters. The Morgan fingerprint density at radius 2 is 2.05 bits per heavy atom. The van der Waals surface area contributed by atoms with Crippen LogP contribution in [0.15, 0.2) is 0 Å². The lowest BCUT2D eigenvalue weighted by atomic mass is 9.79. The van der Waals surface area contributed by atoms with Crippen molar-refractivity contribution in [3.05, 3.63) is 0 Å². The zero-order chi connectivity index (χ0) is 13.7. The van der Waals surface area contributed by atoms with E-state index >= 15 is 0 Å². The van der Waals surface area contributed by atoms with E-state index in [0.29, 0.717) is 11.8 Å². The van der Waals surface area contributed by atoms with Crippen molar-refractivity contribution < 1.29 is 9.90 Å². The summed E-state index contributed by atoms with van der Waals surface area (Å²) in [6.07, 6.45) is 8.63. The van der Waals surface area contributed by atoms with Gasteiger partial charge in [-0.05, 0) is 51.0 Å². The predicted octanol–water partition coefficient (Wildman–Crippen LogP) is 1.51. The van der Waals surface area contributed by atoms with Crippen LogP contribution in [0, 0.1) is 11.8 Å². The Hall–Kier alpha value is -0.610. The van der Waals surface area contributed by atoms with Crippen LogP contribution in [0.1, 0.15) is 51.4 Å². The summed E-state index contributed by atoms with van der Waals surface area (Å²) in [6, 6.07) is 0.0659. The molecular weight excluding hydrogens is 240 g/mol. The minimum absolute atomic E-state index is 0.0659. The molecule has 4 nitrogen and oxygen atoms in total. The Morgan fingerprint density at radius 1 is 1.21 bits per heavy atom. The molecule has 19 heavy (non-hydrogen) atoms. The molecule has 110 valence electrons. The van der Waals surface area contributed by atoms with Gasteiger partial charge in [-0.1, -0.05) is 12.8 Å². The molecule has 1 heterocycles. The Morgan fingerprint density at radius 3 is 2.79 bits per heavy atom. The van der Waals surface area contributed by atoms with Crippen LogP contribution in [0.3, 0.4) is 0 Å². The molecule has 1 saturated carbocycles. The van der Waals surface area contributed by atoms with Gasteiger partial charge in [-0.25, -0.2) is 0 Å². The molecule has 4 heteroatoms. The van der Waals surface area contributed by atoms with Crippen LogP contribution < -0.4 is 5.73 Å². The predicted molar refractivity (Wildman–Crippen MR) is 75.6 cm³/mol. The summed E-state index contributed by atoms with van der Waals surface area (Å²) in [6.45, 7) is 1.68. The van der Waals surface area contributed by atoms with Gasteiger partial charge in [-0.15, -0.1) is 0 Å². The van der Waals surface area contributed by atoms with E-state index in [9.17, 15) is 9.90 Å². The van der Waals surface area contributed by atoms with Crippen molar-refractivity contribution in [2.24, 2.45) is 17.6 Å². The van der Waals surface area contributed by atoms with E-state index in [-0.39, 0.29) is 18.6 Å². The quantitative estimate of drug-likeness (QED) is 0.812. The van der Waals surface area contributed by atoms with Gasteiger partial charge in [0.2, 0.25) is 5.91 Å². The third-order valence-corrected chi connectivity index (χ3v) is 4.83. The van der Waals surface area contributed by atoms with Crippen molar-refractivity contribution in [3.63, 3.8) is 0 Å². The molecule has 1 saturated heterocycles. The molecule has 3 N–H and O–H groups in total. The Balaban J connectivity index is 1.93. The van der Waals surface area contributed by atoms with E-state index < -0.39 is 0 Å². The Kier molecular flexibility index (Phi) is 5.64.